The van der Waals surface area contributed by atoms with Gasteiger partial charge in [0, 0.05) is 36.1 Å². The third kappa shape index (κ3) is 4.49. The van der Waals surface area contributed by atoms with Crippen LogP contribution in [0.2, 0.25) is 0 Å². The number of carboxylic acids is 1. The van der Waals surface area contributed by atoms with Gasteiger partial charge in [0.2, 0.25) is 5.91 Å². The van der Waals surface area contributed by atoms with Crippen molar-refractivity contribution in [1.82, 2.24) is 9.88 Å². The van der Waals surface area contributed by atoms with Gasteiger partial charge in [-0.2, -0.15) is 0 Å². The summed E-state index contributed by atoms with van der Waals surface area (Å²) in [6, 6.07) is 8.36. The zero-order valence-electron chi connectivity index (χ0n) is 17.4. The second kappa shape index (κ2) is 9.88. The van der Waals surface area contributed by atoms with Crippen LogP contribution in [0, 0.1) is 17.8 Å². The van der Waals surface area contributed by atoms with E-state index in [1.807, 2.05) is 17.0 Å². The Labute approximate surface area is 200 Å². The summed E-state index contributed by atoms with van der Waals surface area (Å²) in [5, 5.41) is 10.8. The van der Waals surface area contributed by atoms with Crippen LogP contribution in [-0.4, -0.2) is 69.0 Å². The number of carboxylic acid groups (broad SMARTS) is 1. The number of rotatable bonds is 5. The summed E-state index contributed by atoms with van der Waals surface area (Å²) in [7, 11) is 0. The van der Waals surface area contributed by atoms with Gasteiger partial charge >= 0.3 is 35.5 Å². The number of piperidine rings is 1. The van der Waals surface area contributed by atoms with E-state index in [2.05, 4.69) is 37.2 Å². The van der Waals surface area contributed by atoms with Crippen molar-refractivity contribution in [2.24, 2.45) is 17.8 Å². The number of nitrogens with one attached hydrogen (secondary N) is 1. The Balaban J connectivity index is 0.00000256. The molecule has 6 heteroatoms. The van der Waals surface area contributed by atoms with Crippen molar-refractivity contribution < 1.29 is 14.7 Å². The fourth-order valence-electron chi connectivity index (χ4n) is 5.68. The number of para-hydroxylation sites is 1. The third-order valence-corrected chi connectivity index (χ3v) is 7.24. The van der Waals surface area contributed by atoms with E-state index in [0.29, 0.717) is 25.3 Å². The first-order valence-electron chi connectivity index (χ1n) is 11.1. The Bertz CT molecular complexity index is 893. The van der Waals surface area contributed by atoms with Crippen LogP contribution in [0.5, 0.6) is 0 Å². The molecule has 5 nitrogen and oxygen atoms in total. The number of hydrogen-bond acceptors (Lipinski definition) is 2. The molecule has 1 amide bonds. The van der Waals surface area contributed by atoms with Crippen molar-refractivity contribution in [2.75, 3.05) is 6.54 Å². The summed E-state index contributed by atoms with van der Waals surface area (Å²) in [4.78, 5) is 30.6. The maximum atomic E-state index is 13.4. The van der Waals surface area contributed by atoms with E-state index in [1.54, 1.807) is 0 Å². The Morgan fingerprint density at radius 3 is 2.63 bits per heavy atom. The van der Waals surface area contributed by atoms with Gasteiger partial charge in [-0.15, -0.1) is 0 Å². The molecule has 2 fully saturated rings. The Hall–Kier alpha value is -1.30. The molecule has 1 saturated heterocycles. The number of H-pyrrole nitrogens is 1. The van der Waals surface area contributed by atoms with Crippen LogP contribution in [0.15, 0.2) is 30.5 Å². The molecule has 30 heavy (non-hydrogen) atoms. The summed E-state index contributed by atoms with van der Waals surface area (Å²) in [5.74, 6) is -0.180. The van der Waals surface area contributed by atoms with Gasteiger partial charge in [-0.3, -0.25) is 9.59 Å². The molecule has 0 bridgehead atoms. The van der Waals surface area contributed by atoms with E-state index in [4.69, 9.17) is 0 Å². The molecular weight excluding hydrogens is 387 g/mol. The minimum atomic E-state index is -0.687. The molecule has 1 aliphatic carbocycles. The third-order valence-electron chi connectivity index (χ3n) is 7.24. The first-order valence-corrected chi connectivity index (χ1v) is 11.1. The predicted octanol–water partition coefficient (Wildman–Crippen LogP) is 4.14. The zero-order chi connectivity index (χ0) is 20.5. The van der Waals surface area contributed by atoms with Crippen molar-refractivity contribution in [3.05, 3.63) is 36.0 Å². The molecule has 4 atom stereocenters. The van der Waals surface area contributed by atoms with Crippen molar-refractivity contribution >= 4 is 52.3 Å². The number of carbonyl (C=O) groups is 2. The van der Waals surface area contributed by atoms with Crippen molar-refractivity contribution in [1.29, 1.82) is 0 Å². The molecule has 158 valence electrons. The van der Waals surface area contributed by atoms with Crippen LogP contribution < -0.4 is 0 Å². The summed E-state index contributed by atoms with van der Waals surface area (Å²) < 4.78 is 0. The molecule has 1 aromatic heterocycles. The Morgan fingerprint density at radius 1 is 1.17 bits per heavy atom. The van der Waals surface area contributed by atoms with Crippen LogP contribution in [0.3, 0.4) is 0 Å². The van der Waals surface area contributed by atoms with Gasteiger partial charge in [0.05, 0.1) is 5.92 Å². The molecule has 0 spiro atoms. The summed E-state index contributed by atoms with van der Waals surface area (Å²) in [6.07, 6.45) is 7.18. The first kappa shape index (κ1) is 23.4. The summed E-state index contributed by atoms with van der Waals surface area (Å²) in [6.45, 7) is 4.94. The number of amides is 1. The van der Waals surface area contributed by atoms with Crippen molar-refractivity contribution in [3.63, 3.8) is 0 Å². The molecule has 4 rings (SSSR count). The van der Waals surface area contributed by atoms with Gasteiger partial charge in [0.25, 0.3) is 0 Å². The number of carbonyl (C=O) groups excluding carboxylic acids is 1. The Morgan fingerprint density at radius 2 is 1.90 bits per heavy atom. The van der Waals surface area contributed by atoms with Crippen molar-refractivity contribution in [3.8, 4) is 0 Å². The van der Waals surface area contributed by atoms with E-state index in [0.717, 1.165) is 31.2 Å². The standard InChI is InChI=1S/C24H32N2O3.Na.H/c1-15(2)19(20-14-25-21-9-5-3-7-16(20)21)13-23(27)26-12-11-18(24(28)29)17-8-4-6-10-22(17)26;;/h3,5,7,9,14-15,17-19,22,25H,4,6,8,10-13H2,1-2H3,(H,28,29);;. The van der Waals surface area contributed by atoms with Crippen LogP contribution in [0.25, 0.3) is 10.9 Å². The van der Waals surface area contributed by atoms with Gasteiger partial charge in [0.1, 0.15) is 0 Å². The molecule has 2 heterocycles. The number of aliphatic carboxylic acids is 1. The van der Waals surface area contributed by atoms with Gasteiger partial charge in [-0.25, -0.2) is 0 Å². The van der Waals surface area contributed by atoms with E-state index < -0.39 is 5.97 Å². The number of aromatic amines is 1. The second-order valence-corrected chi connectivity index (χ2v) is 9.18. The van der Waals surface area contributed by atoms with Gasteiger partial charge in [0.15, 0.2) is 0 Å². The maximum absolute atomic E-state index is 13.4. The topological polar surface area (TPSA) is 73.4 Å². The Kier molecular flexibility index (Phi) is 7.70. The number of nitrogens with zero attached hydrogens (tertiary/aromatic N) is 1. The van der Waals surface area contributed by atoms with E-state index >= 15 is 0 Å². The molecule has 2 N–H and O–H groups in total. The second-order valence-electron chi connectivity index (χ2n) is 9.18. The monoisotopic (exact) mass is 420 g/mol. The van der Waals surface area contributed by atoms with Crippen LogP contribution >= 0.6 is 0 Å². The molecule has 4 unspecified atom stereocenters. The normalized spacial score (nSPS) is 24.9. The molecule has 2 aliphatic rings. The number of hydrogen-bond donors (Lipinski definition) is 2. The van der Waals surface area contributed by atoms with E-state index in [-0.39, 0.29) is 59.3 Å². The van der Waals surface area contributed by atoms with Crippen LogP contribution in [0.4, 0.5) is 0 Å². The average molecular weight is 421 g/mol. The minimum absolute atomic E-state index is 0. The molecular formula is C24H33N2NaO3. The number of likely N-dealkylation sites (tertiary alicyclic amines) is 1. The van der Waals surface area contributed by atoms with Gasteiger partial charge < -0.3 is 15.0 Å². The number of aromatic nitrogens is 1. The predicted molar refractivity (Wildman–Crippen MR) is 121 cm³/mol. The SMILES string of the molecule is CC(C)C(CC(=O)N1CCC(C(=O)O)C2CCCCC21)c1c[nH]c2ccccc12.[NaH]. The molecule has 2 aromatic rings. The van der Waals surface area contributed by atoms with E-state index in [1.165, 1.54) is 10.9 Å². The average Bonchev–Trinajstić information content (AvgIpc) is 3.14. The fourth-order valence-corrected chi connectivity index (χ4v) is 5.68. The fraction of sp³-hybridized carbons (Fsp3) is 0.583. The zero-order valence-corrected chi connectivity index (χ0v) is 17.4. The quantitative estimate of drug-likeness (QED) is 0.714. The number of benzene rings is 1. The van der Waals surface area contributed by atoms with E-state index in [9.17, 15) is 14.7 Å². The van der Waals surface area contributed by atoms with Crippen LogP contribution in [-0.2, 0) is 9.59 Å². The summed E-state index contributed by atoms with van der Waals surface area (Å²) in [5.41, 5.74) is 2.32. The van der Waals surface area contributed by atoms with Gasteiger partial charge in [-0.1, -0.05) is 44.9 Å². The number of fused-ring (bicyclic) bond motifs is 2. The molecule has 1 aromatic carbocycles. The van der Waals surface area contributed by atoms with Crippen LogP contribution in [0.1, 0.15) is 63.9 Å². The molecule has 0 radical (unpaired) electrons. The molecule has 1 saturated carbocycles. The molecule has 1 aliphatic heterocycles. The first-order chi connectivity index (χ1) is 14.0. The van der Waals surface area contributed by atoms with Gasteiger partial charge in [-0.05, 0) is 48.6 Å². The summed E-state index contributed by atoms with van der Waals surface area (Å²) >= 11 is 0. The van der Waals surface area contributed by atoms with Crippen molar-refractivity contribution in [2.45, 2.75) is 64.3 Å².